The zero-order valence-electron chi connectivity index (χ0n) is 11.5. The number of benzene rings is 1. The maximum Gasteiger partial charge on any atom is 0.0854 e. The summed E-state index contributed by atoms with van der Waals surface area (Å²) in [6, 6.07) is 9.12. The van der Waals surface area contributed by atoms with Crippen molar-refractivity contribution < 1.29 is 0 Å². The molecule has 0 bridgehead atoms. The van der Waals surface area contributed by atoms with Gasteiger partial charge < -0.3 is 0 Å². The van der Waals surface area contributed by atoms with Crippen LogP contribution in [0.1, 0.15) is 50.8 Å². The van der Waals surface area contributed by atoms with Gasteiger partial charge in [0.25, 0.3) is 0 Å². The number of aryl methyl sites for hydroxylation is 1. The first-order valence-electron chi connectivity index (χ1n) is 6.34. The second kappa shape index (κ2) is 3.60. The molecule has 1 nitrogen and oxygen atoms in total. The first kappa shape index (κ1) is 12.2. The third kappa shape index (κ3) is 1.86. The topological polar surface area (TPSA) is 23.8 Å². The van der Waals surface area contributed by atoms with E-state index in [2.05, 4.69) is 58.9 Å². The SMILES string of the molecule is Cc1cc(C(C)(C)C)ccc1C1(C#N)CC1C. The Hall–Kier alpha value is -1.29. The molecule has 1 aromatic rings. The molecule has 0 heterocycles. The molecule has 2 atom stereocenters. The Morgan fingerprint density at radius 1 is 1.35 bits per heavy atom. The molecular weight excluding hydrogens is 206 g/mol. The summed E-state index contributed by atoms with van der Waals surface area (Å²) in [5, 5.41) is 9.38. The van der Waals surface area contributed by atoms with E-state index in [1.54, 1.807) is 0 Å². The van der Waals surface area contributed by atoms with Crippen molar-refractivity contribution in [3.05, 3.63) is 34.9 Å². The Kier molecular flexibility index (Phi) is 2.58. The van der Waals surface area contributed by atoms with Gasteiger partial charge in [-0.3, -0.25) is 0 Å². The predicted molar refractivity (Wildman–Crippen MR) is 71.0 cm³/mol. The van der Waals surface area contributed by atoms with Gasteiger partial charge in [-0.05, 0) is 41.4 Å². The fraction of sp³-hybridized carbons (Fsp3) is 0.562. The number of rotatable bonds is 1. The second-order valence-electron chi connectivity index (χ2n) is 6.47. The van der Waals surface area contributed by atoms with Crippen molar-refractivity contribution in [3.63, 3.8) is 0 Å². The van der Waals surface area contributed by atoms with E-state index in [1.165, 1.54) is 16.7 Å². The fourth-order valence-electron chi connectivity index (χ4n) is 2.65. The average Bonchev–Trinajstić information content (AvgIpc) is 2.89. The number of nitriles is 1. The van der Waals surface area contributed by atoms with Crippen molar-refractivity contribution in [1.82, 2.24) is 0 Å². The van der Waals surface area contributed by atoms with Gasteiger partial charge in [0.1, 0.15) is 0 Å². The van der Waals surface area contributed by atoms with Gasteiger partial charge in [-0.25, -0.2) is 0 Å². The van der Waals surface area contributed by atoms with E-state index in [-0.39, 0.29) is 10.8 Å². The van der Waals surface area contributed by atoms with Crippen molar-refractivity contribution in [3.8, 4) is 6.07 Å². The molecule has 0 saturated heterocycles. The lowest BCUT2D eigenvalue weighted by atomic mass is 9.82. The van der Waals surface area contributed by atoms with E-state index in [0.717, 1.165) is 6.42 Å². The van der Waals surface area contributed by atoms with Crippen molar-refractivity contribution in [2.45, 2.75) is 51.9 Å². The lowest BCUT2D eigenvalue weighted by molar-refractivity contribution is 0.589. The molecule has 1 aliphatic carbocycles. The van der Waals surface area contributed by atoms with Gasteiger partial charge in [-0.15, -0.1) is 0 Å². The Balaban J connectivity index is 2.44. The summed E-state index contributed by atoms with van der Waals surface area (Å²) in [6.45, 7) is 11.0. The molecule has 1 aromatic carbocycles. The maximum atomic E-state index is 9.38. The predicted octanol–water partition coefficient (Wildman–Crippen LogP) is 4.09. The molecule has 0 aromatic heterocycles. The summed E-state index contributed by atoms with van der Waals surface area (Å²) in [5.41, 5.74) is 3.84. The lowest BCUT2D eigenvalue weighted by Gasteiger charge is -2.21. The van der Waals surface area contributed by atoms with Gasteiger partial charge in [0, 0.05) is 0 Å². The van der Waals surface area contributed by atoms with Crippen LogP contribution in [0.4, 0.5) is 0 Å². The van der Waals surface area contributed by atoms with Gasteiger partial charge >= 0.3 is 0 Å². The molecule has 0 amide bonds. The first-order valence-corrected chi connectivity index (χ1v) is 6.34. The van der Waals surface area contributed by atoms with E-state index < -0.39 is 0 Å². The maximum absolute atomic E-state index is 9.38. The molecule has 17 heavy (non-hydrogen) atoms. The summed E-state index contributed by atoms with van der Waals surface area (Å²) >= 11 is 0. The molecule has 2 unspecified atom stereocenters. The minimum absolute atomic E-state index is 0.179. The fourth-order valence-corrected chi connectivity index (χ4v) is 2.65. The molecule has 1 heteroatoms. The van der Waals surface area contributed by atoms with Crippen LogP contribution in [0.15, 0.2) is 18.2 Å². The molecule has 0 N–H and O–H groups in total. The summed E-state index contributed by atoms with van der Waals surface area (Å²) in [6.07, 6.45) is 1.01. The third-order valence-electron chi connectivity index (χ3n) is 4.08. The Morgan fingerprint density at radius 2 is 1.94 bits per heavy atom. The van der Waals surface area contributed by atoms with Gasteiger partial charge in [0.05, 0.1) is 11.5 Å². The molecule has 1 fully saturated rings. The molecule has 0 aliphatic heterocycles. The molecular formula is C16H21N. The number of hydrogen-bond donors (Lipinski definition) is 0. The van der Waals surface area contributed by atoms with E-state index in [0.29, 0.717) is 5.92 Å². The van der Waals surface area contributed by atoms with Crippen molar-refractivity contribution in [1.29, 1.82) is 5.26 Å². The van der Waals surface area contributed by atoms with Gasteiger partial charge in [0.2, 0.25) is 0 Å². The number of hydrogen-bond acceptors (Lipinski definition) is 1. The lowest BCUT2D eigenvalue weighted by Crippen LogP contribution is -2.14. The third-order valence-corrected chi connectivity index (χ3v) is 4.08. The van der Waals surface area contributed by atoms with E-state index >= 15 is 0 Å². The van der Waals surface area contributed by atoms with Crippen LogP contribution in [0.5, 0.6) is 0 Å². The molecule has 1 saturated carbocycles. The molecule has 2 rings (SSSR count). The second-order valence-corrected chi connectivity index (χ2v) is 6.47. The van der Waals surface area contributed by atoms with Crippen LogP contribution in [0.2, 0.25) is 0 Å². The minimum Gasteiger partial charge on any atom is -0.197 e. The highest BCUT2D eigenvalue weighted by Crippen LogP contribution is 2.54. The Morgan fingerprint density at radius 3 is 2.29 bits per heavy atom. The van der Waals surface area contributed by atoms with Crippen LogP contribution in [-0.4, -0.2) is 0 Å². The summed E-state index contributed by atoms with van der Waals surface area (Å²) in [5.74, 6) is 0.506. The first-order chi connectivity index (χ1) is 7.81. The van der Waals surface area contributed by atoms with E-state index in [4.69, 9.17) is 0 Å². The monoisotopic (exact) mass is 227 g/mol. The largest absolute Gasteiger partial charge is 0.197 e. The summed E-state index contributed by atoms with van der Waals surface area (Å²) in [4.78, 5) is 0. The van der Waals surface area contributed by atoms with Crippen LogP contribution in [0.25, 0.3) is 0 Å². The molecule has 1 aliphatic rings. The zero-order valence-corrected chi connectivity index (χ0v) is 11.5. The highest BCUT2D eigenvalue weighted by Gasteiger charge is 2.53. The Labute approximate surface area is 104 Å². The van der Waals surface area contributed by atoms with Crippen LogP contribution in [-0.2, 0) is 10.8 Å². The summed E-state index contributed by atoms with van der Waals surface area (Å²) in [7, 11) is 0. The van der Waals surface area contributed by atoms with E-state index in [1.807, 2.05) is 0 Å². The zero-order chi connectivity index (χ0) is 12.8. The standard InChI is InChI=1S/C16H21N/c1-11-8-13(15(3,4)5)6-7-14(11)16(10-17)9-12(16)2/h6-8,12H,9H2,1-5H3. The Bertz CT molecular complexity index is 487. The molecule has 90 valence electrons. The van der Waals surface area contributed by atoms with Crippen LogP contribution in [0.3, 0.4) is 0 Å². The van der Waals surface area contributed by atoms with E-state index in [9.17, 15) is 5.26 Å². The normalized spacial score (nSPS) is 27.6. The quantitative estimate of drug-likeness (QED) is 0.708. The van der Waals surface area contributed by atoms with Crippen LogP contribution < -0.4 is 0 Å². The summed E-state index contributed by atoms with van der Waals surface area (Å²) < 4.78 is 0. The van der Waals surface area contributed by atoms with Crippen LogP contribution in [0, 0.1) is 24.2 Å². The van der Waals surface area contributed by atoms with Gasteiger partial charge in [-0.1, -0.05) is 45.9 Å². The van der Waals surface area contributed by atoms with Crippen molar-refractivity contribution >= 4 is 0 Å². The van der Waals surface area contributed by atoms with Crippen molar-refractivity contribution in [2.24, 2.45) is 5.92 Å². The number of nitrogens with zero attached hydrogens (tertiary/aromatic N) is 1. The highest BCUT2D eigenvalue weighted by molar-refractivity contribution is 5.47. The van der Waals surface area contributed by atoms with Gasteiger partial charge in [-0.2, -0.15) is 5.26 Å². The molecule has 0 radical (unpaired) electrons. The van der Waals surface area contributed by atoms with Gasteiger partial charge in [0.15, 0.2) is 0 Å². The highest BCUT2D eigenvalue weighted by atomic mass is 14.6. The average molecular weight is 227 g/mol. The minimum atomic E-state index is -0.194. The molecule has 0 spiro atoms. The van der Waals surface area contributed by atoms with Crippen LogP contribution >= 0.6 is 0 Å². The smallest absolute Gasteiger partial charge is 0.0854 e. The van der Waals surface area contributed by atoms with Crippen molar-refractivity contribution in [2.75, 3.05) is 0 Å².